The van der Waals surface area contributed by atoms with Crippen molar-refractivity contribution in [2.24, 2.45) is 0 Å². The van der Waals surface area contributed by atoms with E-state index >= 15 is 0 Å². The molecule has 4 nitrogen and oxygen atoms in total. The van der Waals surface area contributed by atoms with Gasteiger partial charge >= 0.3 is 0 Å². The first-order valence-corrected chi connectivity index (χ1v) is 1.78. The van der Waals surface area contributed by atoms with Crippen molar-refractivity contribution in [1.82, 2.24) is 16.4 Å². The summed E-state index contributed by atoms with van der Waals surface area (Å²) >= 11 is 0. The second-order valence-electron chi connectivity index (χ2n) is 0.971. The lowest BCUT2D eigenvalue weighted by molar-refractivity contribution is 0.0310. The van der Waals surface area contributed by atoms with Crippen molar-refractivity contribution in [2.75, 3.05) is 13.5 Å². The molecule has 36 valence electrons. The first kappa shape index (κ1) is 4.01. The van der Waals surface area contributed by atoms with Crippen LogP contribution in [0.1, 0.15) is 0 Å². The Kier molecular flexibility index (Phi) is 1.40. The monoisotopic (exact) mass is 89.1 g/mol. The minimum absolute atomic E-state index is 0.576. The van der Waals surface area contributed by atoms with E-state index in [1.165, 1.54) is 0 Å². The van der Waals surface area contributed by atoms with E-state index in [0.29, 0.717) is 13.5 Å². The molecule has 1 rings (SSSR count). The van der Waals surface area contributed by atoms with E-state index in [0.717, 1.165) is 0 Å². The van der Waals surface area contributed by atoms with Crippen molar-refractivity contribution >= 4 is 0 Å². The second-order valence-corrected chi connectivity index (χ2v) is 0.971. The van der Waals surface area contributed by atoms with Crippen LogP contribution >= 0.6 is 0 Å². The summed E-state index contributed by atoms with van der Waals surface area (Å²) in [6.07, 6.45) is 0. The van der Waals surface area contributed by atoms with E-state index < -0.39 is 0 Å². The summed E-state index contributed by atoms with van der Waals surface area (Å²) < 4.78 is 4.78. The fourth-order valence-corrected chi connectivity index (χ4v) is 0.288. The Balaban J connectivity index is 2.00. The maximum Gasteiger partial charge on any atom is 0.112 e. The van der Waals surface area contributed by atoms with Crippen LogP contribution in [0.5, 0.6) is 0 Å². The van der Waals surface area contributed by atoms with Gasteiger partial charge in [-0.05, 0) is 0 Å². The van der Waals surface area contributed by atoms with Gasteiger partial charge in [-0.3, -0.25) is 0 Å². The van der Waals surface area contributed by atoms with Crippen molar-refractivity contribution in [3.63, 3.8) is 0 Å². The molecule has 0 unspecified atom stereocenters. The molecular weight excluding hydrogens is 82.0 g/mol. The van der Waals surface area contributed by atoms with Gasteiger partial charge in [0.2, 0.25) is 0 Å². The van der Waals surface area contributed by atoms with E-state index in [4.69, 9.17) is 4.74 Å². The highest BCUT2D eigenvalue weighted by atomic mass is 16.5. The molecule has 0 aromatic carbocycles. The molecule has 1 aliphatic heterocycles. The topological polar surface area (TPSA) is 45.3 Å². The standard InChI is InChI=1S/C2H7N3O/c1-3-5-4-2-6-1/h3-5H,1-2H2. The molecule has 0 atom stereocenters. The second kappa shape index (κ2) is 2.09. The summed E-state index contributed by atoms with van der Waals surface area (Å²) in [6, 6.07) is 0. The fraction of sp³-hybridized carbons (Fsp3) is 1.00. The molecule has 1 aliphatic rings. The molecule has 0 aliphatic carbocycles. The van der Waals surface area contributed by atoms with Crippen molar-refractivity contribution in [1.29, 1.82) is 0 Å². The number of hydrogen-bond acceptors (Lipinski definition) is 4. The molecule has 0 aromatic heterocycles. The van der Waals surface area contributed by atoms with Crippen molar-refractivity contribution in [3.8, 4) is 0 Å². The lowest BCUT2D eigenvalue weighted by atomic mass is 11.1. The molecule has 0 radical (unpaired) electrons. The summed E-state index contributed by atoms with van der Waals surface area (Å²) in [5, 5.41) is 0. The van der Waals surface area contributed by atoms with Crippen LogP contribution in [-0.2, 0) is 4.74 Å². The van der Waals surface area contributed by atoms with Gasteiger partial charge in [0.1, 0.15) is 13.5 Å². The van der Waals surface area contributed by atoms with Crippen molar-refractivity contribution in [2.45, 2.75) is 0 Å². The van der Waals surface area contributed by atoms with Gasteiger partial charge in [0.15, 0.2) is 0 Å². The summed E-state index contributed by atoms with van der Waals surface area (Å²) in [5.41, 5.74) is 8.06. The van der Waals surface area contributed by atoms with Crippen molar-refractivity contribution in [3.05, 3.63) is 0 Å². The Labute approximate surface area is 35.8 Å². The number of rotatable bonds is 0. The number of nitrogens with one attached hydrogen (secondary N) is 3. The van der Waals surface area contributed by atoms with E-state index in [1.807, 2.05) is 0 Å². The van der Waals surface area contributed by atoms with Crippen LogP contribution in [0.15, 0.2) is 0 Å². The molecule has 0 spiro atoms. The Bertz CT molecular complexity index is 24.3. The van der Waals surface area contributed by atoms with Gasteiger partial charge in [0.05, 0.1) is 0 Å². The summed E-state index contributed by atoms with van der Waals surface area (Å²) in [7, 11) is 0. The third-order valence-electron chi connectivity index (χ3n) is 0.525. The van der Waals surface area contributed by atoms with Crippen molar-refractivity contribution < 1.29 is 4.74 Å². The highest BCUT2D eigenvalue weighted by Gasteiger charge is 1.89. The van der Waals surface area contributed by atoms with Crippen LogP contribution in [0.4, 0.5) is 0 Å². The maximum atomic E-state index is 4.78. The smallest absolute Gasteiger partial charge is 0.112 e. The Morgan fingerprint density at radius 3 is 2.00 bits per heavy atom. The van der Waals surface area contributed by atoms with Crippen LogP contribution in [0, 0.1) is 0 Å². The minimum Gasteiger partial charge on any atom is -0.349 e. The summed E-state index contributed by atoms with van der Waals surface area (Å²) in [5.74, 6) is 0. The lowest BCUT2D eigenvalue weighted by Gasteiger charge is -2.13. The van der Waals surface area contributed by atoms with Gasteiger partial charge in [-0.1, -0.05) is 0 Å². The van der Waals surface area contributed by atoms with E-state index in [9.17, 15) is 0 Å². The van der Waals surface area contributed by atoms with Crippen LogP contribution in [0.2, 0.25) is 0 Å². The molecule has 4 heteroatoms. The molecule has 0 saturated carbocycles. The van der Waals surface area contributed by atoms with Gasteiger partial charge in [-0.15, -0.1) is 0 Å². The van der Waals surface area contributed by atoms with Crippen LogP contribution in [0.25, 0.3) is 0 Å². The molecular formula is C2H7N3O. The first-order chi connectivity index (χ1) is 3.00. The molecule has 0 aromatic rings. The quantitative estimate of drug-likeness (QED) is 0.339. The van der Waals surface area contributed by atoms with E-state index in [2.05, 4.69) is 16.4 Å². The zero-order valence-electron chi connectivity index (χ0n) is 3.32. The third-order valence-corrected chi connectivity index (χ3v) is 0.525. The molecule has 1 saturated heterocycles. The molecule has 1 heterocycles. The first-order valence-electron chi connectivity index (χ1n) is 1.78. The summed E-state index contributed by atoms with van der Waals surface area (Å²) in [6.45, 7) is 1.15. The number of hydrazine groups is 2. The molecule has 1 fully saturated rings. The Morgan fingerprint density at radius 1 is 1.17 bits per heavy atom. The van der Waals surface area contributed by atoms with Gasteiger partial charge < -0.3 is 4.74 Å². The normalized spacial score (nSPS) is 24.0. The average molecular weight is 89.1 g/mol. The molecule has 0 amide bonds. The summed E-state index contributed by atoms with van der Waals surface area (Å²) in [4.78, 5) is 0. The van der Waals surface area contributed by atoms with Crippen LogP contribution < -0.4 is 16.4 Å². The predicted octanol–water partition coefficient (Wildman–Crippen LogP) is -1.47. The number of ether oxygens (including phenoxy) is 1. The van der Waals surface area contributed by atoms with Crippen LogP contribution in [0.3, 0.4) is 0 Å². The predicted molar refractivity (Wildman–Crippen MR) is 20.2 cm³/mol. The third kappa shape index (κ3) is 0.908. The SMILES string of the molecule is C1NNNCO1. The number of hydrogen-bond donors (Lipinski definition) is 3. The lowest BCUT2D eigenvalue weighted by Crippen LogP contribution is -2.50. The highest BCUT2D eigenvalue weighted by Crippen LogP contribution is 1.64. The molecule has 3 N–H and O–H groups in total. The van der Waals surface area contributed by atoms with Gasteiger partial charge in [0.25, 0.3) is 0 Å². The maximum absolute atomic E-state index is 4.78. The van der Waals surface area contributed by atoms with Gasteiger partial charge in [0, 0.05) is 0 Å². The molecule has 0 bridgehead atoms. The Hall–Kier alpha value is -0.160. The fourth-order valence-electron chi connectivity index (χ4n) is 0.288. The zero-order chi connectivity index (χ0) is 4.24. The highest BCUT2D eigenvalue weighted by molar-refractivity contribution is 4.27. The van der Waals surface area contributed by atoms with E-state index in [-0.39, 0.29) is 0 Å². The van der Waals surface area contributed by atoms with E-state index in [1.54, 1.807) is 0 Å². The van der Waals surface area contributed by atoms with Gasteiger partial charge in [-0.2, -0.15) is 5.53 Å². The largest absolute Gasteiger partial charge is 0.349 e. The molecule has 6 heavy (non-hydrogen) atoms. The van der Waals surface area contributed by atoms with Gasteiger partial charge in [-0.25, -0.2) is 10.9 Å². The Morgan fingerprint density at radius 2 is 1.83 bits per heavy atom. The average Bonchev–Trinajstić information content (AvgIpc) is 1.72. The van der Waals surface area contributed by atoms with Crippen LogP contribution in [-0.4, -0.2) is 13.5 Å². The zero-order valence-corrected chi connectivity index (χ0v) is 3.32. The minimum atomic E-state index is 0.576.